The predicted octanol–water partition coefficient (Wildman–Crippen LogP) is 1.10. The molecule has 2 aromatic heterocycles. The maximum Gasteiger partial charge on any atom is 0.289 e. The number of nitrogens with zero attached hydrogens (tertiary/aromatic N) is 2. The zero-order chi connectivity index (χ0) is 16.9. The summed E-state index contributed by atoms with van der Waals surface area (Å²) in [6, 6.07) is 5.29. The molecule has 0 spiro atoms. The first-order valence-electron chi connectivity index (χ1n) is 8.04. The molecule has 2 fully saturated rings. The molecule has 0 unspecified atom stereocenters. The summed E-state index contributed by atoms with van der Waals surface area (Å²) in [7, 11) is 0. The van der Waals surface area contributed by atoms with Gasteiger partial charge >= 0.3 is 0 Å². The van der Waals surface area contributed by atoms with E-state index < -0.39 is 5.41 Å². The molecule has 2 atom stereocenters. The molecule has 126 valence electrons. The summed E-state index contributed by atoms with van der Waals surface area (Å²) in [6.07, 6.45) is 0.553. The number of aromatic nitrogens is 1. The van der Waals surface area contributed by atoms with Crippen LogP contribution < -0.4 is 5.73 Å². The van der Waals surface area contributed by atoms with Gasteiger partial charge in [-0.05, 0) is 25.5 Å². The summed E-state index contributed by atoms with van der Waals surface area (Å²) in [4.78, 5) is 30.9. The molecule has 2 saturated heterocycles. The molecule has 2 aliphatic heterocycles. The van der Waals surface area contributed by atoms with Gasteiger partial charge in [-0.25, -0.2) is 4.98 Å². The van der Waals surface area contributed by atoms with Crippen LogP contribution in [0.5, 0.6) is 0 Å². The minimum absolute atomic E-state index is 0.0579. The van der Waals surface area contributed by atoms with Gasteiger partial charge in [-0.3, -0.25) is 9.59 Å². The topological polar surface area (TPSA) is 98.7 Å². The van der Waals surface area contributed by atoms with Gasteiger partial charge in [-0.1, -0.05) is 0 Å². The Morgan fingerprint density at radius 2 is 2.25 bits per heavy atom. The fourth-order valence-corrected chi connectivity index (χ4v) is 3.79. The fraction of sp³-hybridized carbons (Fsp3) is 0.471. The molecule has 24 heavy (non-hydrogen) atoms. The van der Waals surface area contributed by atoms with E-state index in [1.54, 1.807) is 17.0 Å². The number of fused-ring (bicyclic) bond motifs is 2. The Bertz CT molecular complexity index is 830. The maximum absolute atomic E-state index is 12.8. The summed E-state index contributed by atoms with van der Waals surface area (Å²) < 4.78 is 11.1. The first-order valence-corrected chi connectivity index (χ1v) is 8.04. The monoisotopic (exact) mass is 329 g/mol. The lowest BCUT2D eigenvalue weighted by atomic mass is 9.74. The molecule has 0 saturated carbocycles. The average Bonchev–Trinajstić information content (AvgIpc) is 3.15. The van der Waals surface area contributed by atoms with Crippen LogP contribution in [-0.2, 0) is 9.53 Å². The van der Waals surface area contributed by atoms with Crippen LogP contribution in [0.1, 0.15) is 22.7 Å². The Labute approximate surface area is 138 Å². The lowest BCUT2D eigenvalue weighted by molar-refractivity contribution is -0.135. The molecule has 0 radical (unpaired) electrons. The number of amides is 2. The van der Waals surface area contributed by atoms with Crippen molar-refractivity contribution in [1.82, 2.24) is 9.88 Å². The Morgan fingerprint density at radius 1 is 1.42 bits per heavy atom. The van der Waals surface area contributed by atoms with Crippen molar-refractivity contribution in [3.63, 3.8) is 0 Å². The Balaban J connectivity index is 1.63. The average molecular weight is 329 g/mol. The number of primary amides is 1. The Hall–Kier alpha value is -2.41. The number of furan rings is 1. The summed E-state index contributed by atoms with van der Waals surface area (Å²) in [6.45, 7) is 3.60. The van der Waals surface area contributed by atoms with Gasteiger partial charge in [0.15, 0.2) is 11.3 Å². The van der Waals surface area contributed by atoms with Crippen molar-refractivity contribution in [1.29, 1.82) is 0 Å². The first-order chi connectivity index (χ1) is 11.5. The smallest absolute Gasteiger partial charge is 0.289 e. The normalized spacial score (nSPS) is 26.5. The number of nitrogens with two attached hydrogens (primary N) is 1. The minimum atomic E-state index is -0.686. The van der Waals surface area contributed by atoms with Gasteiger partial charge in [0.1, 0.15) is 5.52 Å². The van der Waals surface area contributed by atoms with E-state index in [2.05, 4.69) is 4.98 Å². The standard InChI is InChI=1S/C17H19N3O4/c1-10-2-3-13-12(19-10)6-14(24-13)15(21)20-7-11-8-23-5-4-17(11,9-20)16(18)22/h2-3,6,11H,4-5,7-9H2,1H3,(H2,18,22)/t11-,17+/m1/s1. The third-order valence-corrected chi connectivity index (χ3v) is 5.21. The van der Waals surface area contributed by atoms with Crippen molar-refractivity contribution < 1.29 is 18.7 Å². The largest absolute Gasteiger partial charge is 0.449 e. The molecule has 7 heteroatoms. The third-order valence-electron chi connectivity index (χ3n) is 5.21. The summed E-state index contributed by atoms with van der Waals surface area (Å²) in [5.41, 5.74) is 7.06. The van der Waals surface area contributed by atoms with Crippen molar-refractivity contribution in [2.45, 2.75) is 13.3 Å². The van der Waals surface area contributed by atoms with Crippen LogP contribution in [0.4, 0.5) is 0 Å². The summed E-state index contributed by atoms with van der Waals surface area (Å²) >= 11 is 0. The highest BCUT2D eigenvalue weighted by atomic mass is 16.5. The van der Waals surface area contributed by atoms with Crippen LogP contribution in [-0.4, -0.2) is 48.0 Å². The molecule has 4 heterocycles. The highest BCUT2D eigenvalue weighted by molar-refractivity contribution is 5.96. The Kier molecular flexibility index (Phi) is 3.35. The minimum Gasteiger partial charge on any atom is -0.449 e. The molecular formula is C17H19N3O4. The number of carbonyl (C=O) groups excluding carboxylic acids is 2. The maximum atomic E-state index is 12.8. The van der Waals surface area contributed by atoms with E-state index in [1.165, 1.54) is 0 Å². The van der Waals surface area contributed by atoms with E-state index in [0.717, 1.165) is 5.69 Å². The van der Waals surface area contributed by atoms with Crippen molar-refractivity contribution >= 4 is 22.9 Å². The van der Waals surface area contributed by atoms with Gasteiger partial charge in [0, 0.05) is 37.4 Å². The number of likely N-dealkylation sites (tertiary alicyclic amines) is 1. The van der Waals surface area contributed by atoms with E-state index >= 15 is 0 Å². The molecule has 2 aromatic rings. The molecule has 2 amide bonds. The SMILES string of the molecule is Cc1ccc2oc(C(=O)N3C[C@@H]4COCC[C@]4(C(N)=O)C3)cc2n1. The highest BCUT2D eigenvalue weighted by Crippen LogP contribution is 2.42. The van der Waals surface area contributed by atoms with E-state index in [9.17, 15) is 9.59 Å². The molecule has 2 N–H and O–H groups in total. The number of carbonyl (C=O) groups is 2. The van der Waals surface area contributed by atoms with Crippen molar-refractivity contribution in [2.75, 3.05) is 26.3 Å². The van der Waals surface area contributed by atoms with Crippen molar-refractivity contribution in [3.05, 3.63) is 29.7 Å². The number of pyridine rings is 1. The number of hydrogen-bond acceptors (Lipinski definition) is 5. The van der Waals surface area contributed by atoms with Gasteiger partial charge in [-0.15, -0.1) is 0 Å². The van der Waals surface area contributed by atoms with E-state index in [-0.39, 0.29) is 23.5 Å². The molecule has 0 aliphatic carbocycles. The molecule has 0 bridgehead atoms. The fourth-order valence-electron chi connectivity index (χ4n) is 3.79. The van der Waals surface area contributed by atoms with E-state index in [1.807, 2.05) is 13.0 Å². The van der Waals surface area contributed by atoms with Gasteiger partial charge in [0.05, 0.1) is 12.0 Å². The van der Waals surface area contributed by atoms with Crippen LogP contribution in [0.25, 0.3) is 11.1 Å². The second kappa shape index (κ2) is 5.31. The second-order valence-corrected chi connectivity index (χ2v) is 6.67. The van der Waals surface area contributed by atoms with Crippen LogP contribution in [0.15, 0.2) is 22.6 Å². The van der Waals surface area contributed by atoms with Crippen LogP contribution in [0.3, 0.4) is 0 Å². The molecule has 7 nitrogen and oxygen atoms in total. The summed E-state index contributed by atoms with van der Waals surface area (Å²) in [5, 5.41) is 0. The van der Waals surface area contributed by atoms with Gasteiger partial charge < -0.3 is 19.8 Å². The number of hydrogen-bond donors (Lipinski definition) is 1. The second-order valence-electron chi connectivity index (χ2n) is 6.67. The number of ether oxygens (including phenoxy) is 1. The Morgan fingerprint density at radius 3 is 3.00 bits per heavy atom. The zero-order valence-electron chi connectivity index (χ0n) is 13.4. The molecule has 0 aromatic carbocycles. The van der Waals surface area contributed by atoms with E-state index in [0.29, 0.717) is 43.8 Å². The van der Waals surface area contributed by atoms with Gasteiger partial charge in [0.2, 0.25) is 5.91 Å². The predicted molar refractivity (Wildman–Crippen MR) is 85.2 cm³/mol. The van der Waals surface area contributed by atoms with Crippen LogP contribution >= 0.6 is 0 Å². The molecular weight excluding hydrogens is 310 g/mol. The highest BCUT2D eigenvalue weighted by Gasteiger charge is 2.53. The van der Waals surface area contributed by atoms with Crippen LogP contribution in [0, 0.1) is 18.3 Å². The third kappa shape index (κ3) is 2.19. The van der Waals surface area contributed by atoms with Crippen molar-refractivity contribution in [2.24, 2.45) is 17.1 Å². The quantitative estimate of drug-likeness (QED) is 0.889. The van der Waals surface area contributed by atoms with Crippen LogP contribution in [0.2, 0.25) is 0 Å². The summed E-state index contributed by atoms with van der Waals surface area (Å²) in [5.74, 6) is -0.409. The van der Waals surface area contributed by atoms with E-state index in [4.69, 9.17) is 14.9 Å². The lowest BCUT2D eigenvalue weighted by Gasteiger charge is -2.34. The molecule has 4 rings (SSSR count). The number of aryl methyl sites for hydroxylation is 1. The first kappa shape index (κ1) is 15.1. The number of rotatable bonds is 2. The lowest BCUT2D eigenvalue weighted by Crippen LogP contribution is -2.48. The van der Waals surface area contributed by atoms with Gasteiger partial charge in [0.25, 0.3) is 5.91 Å². The zero-order valence-corrected chi connectivity index (χ0v) is 13.4. The van der Waals surface area contributed by atoms with Gasteiger partial charge in [-0.2, -0.15) is 0 Å². The molecule has 2 aliphatic rings. The van der Waals surface area contributed by atoms with Crippen molar-refractivity contribution in [3.8, 4) is 0 Å².